The minimum absolute atomic E-state index is 0.00512. The number of carbonyl (C=O) groups excluding carboxylic acids is 1. The molecule has 0 N–H and O–H groups in total. The zero-order valence-corrected chi connectivity index (χ0v) is 18.0. The average molecular weight is 423 g/mol. The number of methoxy groups -OCH3 is 1. The molecule has 1 aliphatic rings. The van der Waals surface area contributed by atoms with Crippen molar-refractivity contribution >= 4 is 5.91 Å². The molecule has 1 aromatic heterocycles. The van der Waals surface area contributed by atoms with Crippen LogP contribution in [0, 0.1) is 0 Å². The molecule has 0 aliphatic carbocycles. The summed E-state index contributed by atoms with van der Waals surface area (Å²) in [5, 5.41) is 4.31. The normalized spacial score (nSPS) is 12.8. The second-order valence-corrected chi connectivity index (χ2v) is 8.17. The van der Waals surface area contributed by atoms with Gasteiger partial charge in [0.15, 0.2) is 17.3 Å². The highest BCUT2D eigenvalue weighted by Gasteiger charge is 2.23. The fourth-order valence-corrected chi connectivity index (χ4v) is 3.17. The van der Waals surface area contributed by atoms with Gasteiger partial charge in [-0.1, -0.05) is 32.9 Å². The van der Waals surface area contributed by atoms with Crippen molar-refractivity contribution < 1.29 is 23.7 Å². The van der Waals surface area contributed by atoms with E-state index in [9.17, 15) is 4.79 Å². The maximum atomic E-state index is 13.3. The first-order valence-electron chi connectivity index (χ1n) is 10.0. The SMILES string of the molecule is COCCOc1nc(-c2ccc3c(c2)OCO3)n(C(=O)c2ccc(C(C)(C)C)cc2)n1. The molecule has 0 unspecified atom stereocenters. The highest BCUT2D eigenvalue weighted by molar-refractivity contribution is 5.97. The van der Waals surface area contributed by atoms with E-state index < -0.39 is 0 Å². The van der Waals surface area contributed by atoms with Gasteiger partial charge in [0.1, 0.15) is 6.61 Å². The van der Waals surface area contributed by atoms with Gasteiger partial charge >= 0.3 is 6.01 Å². The van der Waals surface area contributed by atoms with E-state index in [4.69, 9.17) is 18.9 Å². The molecule has 2 aromatic carbocycles. The molecule has 0 saturated heterocycles. The third kappa shape index (κ3) is 4.39. The summed E-state index contributed by atoms with van der Waals surface area (Å²) in [6.45, 7) is 7.20. The Kier molecular flexibility index (Phi) is 5.65. The molecule has 2 heterocycles. The summed E-state index contributed by atoms with van der Waals surface area (Å²) in [5.74, 6) is 1.30. The second kappa shape index (κ2) is 8.39. The molecule has 0 spiro atoms. The summed E-state index contributed by atoms with van der Waals surface area (Å²) in [5.41, 5.74) is 2.30. The molecule has 0 amide bonds. The van der Waals surface area contributed by atoms with E-state index in [0.29, 0.717) is 35.1 Å². The Morgan fingerprint density at radius 2 is 1.81 bits per heavy atom. The number of rotatable bonds is 6. The maximum absolute atomic E-state index is 13.3. The van der Waals surface area contributed by atoms with Crippen molar-refractivity contribution in [1.82, 2.24) is 14.8 Å². The van der Waals surface area contributed by atoms with Gasteiger partial charge < -0.3 is 18.9 Å². The molecule has 0 radical (unpaired) electrons. The highest BCUT2D eigenvalue weighted by Crippen LogP contribution is 2.36. The Morgan fingerprint density at radius 3 is 2.52 bits per heavy atom. The third-order valence-corrected chi connectivity index (χ3v) is 4.93. The molecule has 0 saturated carbocycles. The van der Waals surface area contributed by atoms with Gasteiger partial charge in [-0.25, -0.2) is 0 Å². The molecular formula is C23H25N3O5. The Balaban J connectivity index is 1.70. The smallest absolute Gasteiger partial charge is 0.336 e. The summed E-state index contributed by atoms with van der Waals surface area (Å²) < 4.78 is 22.7. The quantitative estimate of drug-likeness (QED) is 0.559. The molecule has 0 atom stereocenters. The lowest BCUT2D eigenvalue weighted by Crippen LogP contribution is -2.16. The van der Waals surface area contributed by atoms with Gasteiger partial charge in [0.05, 0.1) is 6.61 Å². The highest BCUT2D eigenvalue weighted by atomic mass is 16.7. The number of nitrogens with zero attached hydrogens (tertiary/aromatic N) is 3. The lowest BCUT2D eigenvalue weighted by atomic mass is 9.87. The Labute approximate surface area is 180 Å². The van der Waals surface area contributed by atoms with Gasteiger partial charge in [-0.2, -0.15) is 9.67 Å². The maximum Gasteiger partial charge on any atom is 0.336 e. The van der Waals surface area contributed by atoms with Crippen LogP contribution in [0.3, 0.4) is 0 Å². The predicted molar refractivity (Wildman–Crippen MR) is 114 cm³/mol. The first-order chi connectivity index (χ1) is 14.9. The molecule has 3 aromatic rings. The number of hydrogen-bond acceptors (Lipinski definition) is 7. The van der Waals surface area contributed by atoms with E-state index in [1.54, 1.807) is 31.4 Å². The van der Waals surface area contributed by atoms with Crippen LogP contribution >= 0.6 is 0 Å². The van der Waals surface area contributed by atoms with Crippen molar-refractivity contribution in [3.63, 3.8) is 0 Å². The molecule has 4 rings (SSSR count). The van der Waals surface area contributed by atoms with Crippen molar-refractivity contribution in [2.45, 2.75) is 26.2 Å². The second-order valence-electron chi connectivity index (χ2n) is 8.17. The third-order valence-electron chi connectivity index (χ3n) is 4.93. The van der Waals surface area contributed by atoms with Gasteiger partial charge in [-0.05, 0) is 41.3 Å². The van der Waals surface area contributed by atoms with Gasteiger partial charge in [0.2, 0.25) is 6.79 Å². The number of aromatic nitrogens is 3. The van der Waals surface area contributed by atoms with Crippen LogP contribution < -0.4 is 14.2 Å². The van der Waals surface area contributed by atoms with Gasteiger partial charge in [0, 0.05) is 18.2 Å². The van der Waals surface area contributed by atoms with E-state index in [0.717, 1.165) is 5.56 Å². The summed E-state index contributed by atoms with van der Waals surface area (Å²) in [4.78, 5) is 17.7. The molecule has 8 nitrogen and oxygen atoms in total. The lowest BCUT2D eigenvalue weighted by molar-refractivity contribution is 0.0943. The molecular weight excluding hydrogens is 398 g/mol. The van der Waals surface area contributed by atoms with E-state index in [1.807, 2.05) is 18.2 Å². The van der Waals surface area contributed by atoms with Crippen molar-refractivity contribution in [2.75, 3.05) is 27.1 Å². The van der Waals surface area contributed by atoms with Crippen LogP contribution in [0.15, 0.2) is 42.5 Å². The van der Waals surface area contributed by atoms with Crippen LogP contribution in [0.5, 0.6) is 17.5 Å². The van der Waals surface area contributed by atoms with Crippen LogP contribution in [0.1, 0.15) is 36.7 Å². The monoisotopic (exact) mass is 423 g/mol. The fourth-order valence-electron chi connectivity index (χ4n) is 3.17. The first kappa shape index (κ1) is 20.9. The molecule has 31 heavy (non-hydrogen) atoms. The summed E-state index contributed by atoms with van der Waals surface area (Å²) in [6.07, 6.45) is 0. The minimum atomic E-state index is -0.304. The molecule has 1 aliphatic heterocycles. The zero-order valence-electron chi connectivity index (χ0n) is 18.0. The van der Waals surface area contributed by atoms with Gasteiger partial charge in [-0.3, -0.25) is 4.79 Å². The van der Waals surface area contributed by atoms with Crippen molar-refractivity contribution in [2.24, 2.45) is 0 Å². The standard InChI is InChI=1S/C23H25N3O5/c1-23(2,3)17-8-5-15(6-9-17)21(27)26-20(24-22(25-26)29-12-11-28-4)16-7-10-18-19(13-16)31-14-30-18/h5-10,13H,11-12,14H2,1-4H3. The Morgan fingerprint density at radius 1 is 1.06 bits per heavy atom. The summed E-state index contributed by atoms with van der Waals surface area (Å²) in [6, 6.07) is 13.0. The summed E-state index contributed by atoms with van der Waals surface area (Å²) in [7, 11) is 1.58. The predicted octanol–water partition coefficient (Wildman–Crippen LogP) is 3.69. The van der Waals surface area contributed by atoms with Gasteiger partial charge in [-0.15, -0.1) is 5.10 Å². The van der Waals surface area contributed by atoms with E-state index >= 15 is 0 Å². The Bertz CT molecular complexity index is 1080. The van der Waals surface area contributed by atoms with Crippen LogP contribution in [-0.2, 0) is 10.2 Å². The van der Waals surface area contributed by atoms with E-state index in [2.05, 4.69) is 30.9 Å². The first-order valence-corrected chi connectivity index (χ1v) is 10.0. The van der Waals surface area contributed by atoms with Crippen LogP contribution in [0.2, 0.25) is 0 Å². The van der Waals surface area contributed by atoms with Crippen molar-refractivity contribution in [3.8, 4) is 28.9 Å². The topological polar surface area (TPSA) is 84.7 Å². The Hall–Kier alpha value is -3.39. The molecule has 0 fully saturated rings. The van der Waals surface area contributed by atoms with Gasteiger partial charge in [0.25, 0.3) is 5.91 Å². The largest absolute Gasteiger partial charge is 0.460 e. The fraction of sp³-hybridized carbons (Fsp3) is 0.348. The minimum Gasteiger partial charge on any atom is -0.460 e. The lowest BCUT2D eigenvalue weighted by Gasteiger charge is -2.19. The van der Waals surface area contributed by atoms with Crippen LogP contribution in [0.25, 0.3) is 11.4 Å². The van der Waals surface area contributed by atoms with Crippen LogP contribution in [0.4, 0.5) is 0 Å². The zero-order chi connectivity index (χ0) is 22.0. The van der Waals surface area contributed by atoms with Crippen molar-refractivity contribution in [1.29, 1.82) is 0 Å². The number of ether oxygens (including phenoxy) is 4. The molecule has 8 heteroatoms. The summed E-state index contributed by atoms with van der Waals surface area (Å²) >= 11 is 0. The van der Waals surface area contributed by atoms with Crippen molar-refractivity contribution in [3.05, 3.63) is 53.6 Å². The molecule has 162 valence electrons. The van der Waals surface area contributed by atoms with E-state index in [-0.39, 0.29) is 30.7 Å². The number of hydrogen-bond donors (Lipinski definition) is 0. The molecule has 0 bridgehead atoms. The van der Waals surface area contributed by atoms with E-state index in [1.165, 1.54) is 4.68 Å². The number of benzene rings is 2. The average Bonchev–Trinajstić information content (AvgIpc) is 3.39. The number of carbonyl (C=O) groups is 1. The van der Waals surface area contributed by atoms with Crippen LogP contribution in [-0.4, -0.2) is 47.8 Å². The number of fused-ring (bicyclic) bond motifs is 1.